The fraction of sp³-hybridized carbons (Fsp3) is 0.364. The zero-order valence-corrected chi connectivity index (χ0v) is 10.2. The average Bonchev–Trinajstić information content (AvgIpc) is 2.55. The number of alkyl halides is 1. The summed E-state index contributed by atoms with van der Waals surface area (Å²) in [6.45, 7) is 4.22. The van der Waals surface area contributed by atoms with Crippen LogP contribution in [-0.2, 0) is 5.88 Å². The van der Waals surface area contributed by atoms with Crippen LogP contribution in [0.1, 0.15) is 25.7 Å². The number of nitrogens with zero attached hydrogens (tertiary/aromatic N) is 2. The predicted molar refractivity (Wildman–Crippen MR) is 64.7 cm³/mol. The molecule has 2 nitrogen and oxygen atoms in total. The third-order valence-electron chi connectivity index (χ3n) is 2.36. The van der Waals surface area contributed by atoms with Crippen LogP contribution in [0.3, 0.4) is 0 Å². The van der Waals surface area contributed by atoms with Crippen molar-refractivity contribution in [1.82, 2.24) is 9.55 Å². The van der Waals surface area contributed by atoms with Crippen LogP contribution in [0.25, 0.3) is 11.0 Å². The van der Waals surface area contributed by atoms with E-state index in [0.717, 1.165) is 21.9 Å². The molecule has 0 radical (unpaired) electrons. The zero-order chi connectivity index (χ0) is 11.0. The van der Waals surface area contributed by atoms with Crippen molar-refractivity contribution in [2.24, 2.45) is 0 Å². The van der Waals surface area contributed by atoms with Crippen LogP contribution in [0, 0.1) is 0 Å². The van der Waals surface area contributed by atoms with Gasteiger partial charge in [-0.15, -0.1) is 11.6 Å². The number of imidazole rings is 1. The van der Waals surface area contributed by atoms with E-state index in [1.165, 1.54) is 0 Å². The van der Waals surface area contributed by atoms with Crippen molar-refractivity contribution >= 4 is 34.2 Å². The second kappa shape index (κ2) is 4.03. The van der Waals surface area contributed by atoms with Crippen LogP contribution >= 0.6 is 23.2 Å². The molecule has 0 N–H and O–H groups in total. The standard InChI is InChI=1S/C11H12Cl2N2/c1-7(2)15-10-5-8(13)3-4-9(10)14-11(15)6-12/h3-5,7H,6H2,1-2H3. The van der Waals surface area contributed by atoms with Gasteiger partial charge < -0.3 is 4.57 Å². The molecule has 0 spiro atoms. The second-order valence-electron chi connectivity index (χ2n) is 3.76. The van der Waals surface area contributed by atoms with Gasteiger partial charge in [0.1, 0.15) is 5.82 Å². The van der Waals surface area contributed by atoms with Gasteiger partial charge in [-0.3, -0.25) is 0 Å². The quantitative estimate of drug-likeness (QED) is 0.728. The maximum absolute atomic E-state index is 5.97. The predicted octanol–water partition coefficient (Wildman–Crippen LogP) is 4.01. The molecule has 1 aromatic heterocycles. The van der Waals surface area contributed by atoms with Gasteiger partial charge in [-0.2, -0.15) is 0 Å². The molecule has 2 rings (SSSR count). The van der Waals surface area contributed by atoms with Crippen LogP contribution in [0.4, 0.5) is 0 Å². The summed E-state index contributed by atoms with van der Waals surface area (Å²) in [5.41, 5.74) is 2.00. The average molecular weight is 243 g/mol. The first-order valence-electron chi connectivity index (χ1n) is 4.86. The van der Waals surface area contributed by atoms with Gasteiger partial charge in [0.05, 0.1) is 16.9 Å². The molecule has 0 bridgehead atoms. The van der Waals surface area contributed by atoms with Crippen LogP contribution < -0.4 is 0 Å². The van der Waals surface area contributed by atoms with Crippen LogP contribution in [0.5, 0.6) is 0 Å². The molecular weight excluding hydrogens is 231 g/mol. The van der Waals surface area contributed by atoms with Crippen LogP contribution in [0.2, 0.25) is 5.02 Å². The van der Waals surface area contributed by atoms with Crippen molar-refractivity contribution in [3.8, 4) is 0 Å². The molecule has 0 unspecified atom stereocenters. The van der Waals surface area contributed by atoms with Crippen molar-refractivity contribution in [2.75, 3.05) is 0 Å². The van der Waals surface area contributed by atoms with E-state index in [2.05, 4.69) is 23.4 Å². The highest BCUT2D eigenvalue weighted by Crippen LogP contribution is 2.24. The lowest BCUT2D eigenvalue weighted by Crippen LogP contribution is -2.04. The molecule has 0 aliphatic rings. The molecule has 1 aromatic carbocycles. The van der Waals surface area contributed by atoms with Crippen LogP contribution in [0.15, 0.2) is 18.2 Å². The van der Waals surface area contributed by atoms with E-state index in [1.54, 1.807) is 0 Å². The van der Waals surface area contributed by atoms with Gasteiger partial charge in [0.2, 0.25) is 0 Å². The highest BCUT2D eigenvalue weighted by Gasteiger charge is 2.12. The Morgan fingerprint density at radius 3 is 2.73 bits per heavy atom. The lowest BCUT2D eigenvalue weighted by Gasteiger charge is -2.11. The molecule has 15 heavy (non-hydrogen) atoms. The molecule has 0 aliphatic heterocycles. The number of halogens is 2. The topological polar surface area (TPSA) is 17.8 Å². The van der Waals surface area contributed by atoms with Gasteiger partial charge in [-0.25, -0.2) is 4.98 Å². The number of benzene rings is 1. The molecule has 0 amide bonds. The minimum Gasteiger partial charge on any atom is -0.324 e. The highest BCUT2D eigenvalue weighted by molar-refractivity contribution is 6.31. The van der Waals surface area contributed by atoms with Crippen molar-refractivity contribution in [3.63, 3.8) is 0 Å². The Kier molecular flexibility index (Phi) is 2.89. The molecule has 0 saturated carbocycles. The van der Waals surface area contributed by atoms with E-state index in [-0.39, 0.29) is 0 Å². The van der Waals surface area contributed by atoms with Crippen molar-refractivity contribution < 1.29 is 0 Å². The molecule has 2 aromatic rings. The molecule has 4 heteroatoms. The number of fused-ring (bicyclic) bond motifs is 1. The number of rotatable bonds is 2. The summed E-state index contributed by atoms with van der Waals surface area (Å²) in [6.07, 6.45) is 0. The lowest BCUT2D eigenvalue weighted by molar-refractivity contribution is 0.597. The van der Waals surface area contributed by atoms with Gasteiger partial charge in [0.25, 0.3) is 0 Å². The molecule has 0 aliphatic carbocycles. The largest absolute Gasteiger partial charge is 0.324 e. The Morgan fingerprint density at radius 1 is 1.40 bits per heavy atom. The fourth-order valence-corrected chi connectivity index (χ4v) is 2.14. The van der Waals surface area contributed by atoms with Gasteiger partial charge >= 0.3 is 0 Å². The molecule has 0 fully saturated rings. The maximum Gasteiger partial charge on any atom is 0.125 e. The van der Waals surface area contributed by atoms with E-state index in [1.807, 2.05) is 18.2 Å². The monoisotopic (exact) mass is 242 g/mol. The highest BCUT2D eigenvalue weighted by atomic mass is 35.5. The third kappa shape index (κ3) is 1.84. The SMILES string of the molecule is CC(C)n1c(CCl)nc2ccc(Cl)cc21. The fourth-order valence-electron chi connectivity index (χ4n) is 1.79. The molecule has 1 heterocycles. The van der Waals surface area contributed by atoms with Crippen molar-refractivity contribution in [1.29, 1.82) is 0 Å². The molecular formula is C11H12Cl2N2. The molecule has 80 valence electrons. The Labute approximate surface area is 98.8 Å². The minimum atomic E-state index is 0.335. The number of hydrogen-bond acceptors (Lipinski definition) is 1. The summed E-state index contributed by atoms with van der Waals surface area (Å²) in [4.78, 5) is 4.47. The first-order chi connectivity index (χ1) is 7.13. The summed E-state index contributed by atoms with van der Waals surface area (Å²) in [5, 5.41) is 0.727. The lowest BCUT2D eigenvalue weighted by atomic mass is 10.3. The molecule has 0 saturated heterocycles. The van der Waals surface area contributed by atoms with Crippen molar-refractivity contribution in [2.45, 2.75) is 25.8 Å². The normalized spacial score (nSPS) is 11.5. The van der Waals surface area contributed by atoms with E-state index >= 15 is 0 Å². The number of hydrogen-bond donors (Lipinski definition) is 0. The second-order valence-corrected chi connectivity index (χ2v) is 4.46. The first kappa shape index (κ1) is 10.8. The van der Waals surface area contributed by atoms with E-state index in [9.17, 15) is 0 Å². The summed E-state index contributed by atoms with van der Waals surface area (Å²) >= 11 is 11.8. The van der Waals surface area contributed by atoms with Crippen molar-refractivity contribution in [3.05, 3.63) is 29.0 Å². The maximum atomic E-state index is 5.97. The van der Waals surface area contributed by atoms with Gasteiger partial charge in [-0.1, -0.05) is 11.6 Å². The smallest absolute Gasteiger partial charge is 0.125 e. The Balaban J connectivity index is 2.76. The van der Waals surface area contributed by atoms with E-state index in [0.29, 0.717) is 11.9 Å². The van der Waals surface area contributed by atoms with Gasteiger partial charge in [0, 0.05) is 11.1 Å². The molecule has 0 atom stereocenters. The van der Waals surface area contributed by atoms with Crippen LogP contribution in [-0.4, -0.2) is 9.55 Å². The van der Waals surface area contributed by atoms with Gasteiger partial charge in [-0.05, 0) is 32.0 Å². The Hall–Kier alpha value is -0.730. The van der Waals surface area contributed by atoms with Gasteiger partial charge in [0.15, 0.2) is 0 Å². The minimum absolute atomic E-state index is 0.335. The van der Waals surface area contributed by atoms with E-state index in [4.69, 9.17) is 23.2 Å². The number of aromatic nitrogens is 2. The van der Waals surface area contributed by atoms with E-state index < -0.39 is 0 Å². The third-order valence-corrected chi connectivity index (χ3v) is 2.83. The zero-order valence-electron chi connectivity index (χ0n) is 8.67. The summed E-state index contributed by atoms with van der Waals surface area (Å²) in [6, 6.07) is 6.04. The summed E-state index contributed by atoms with van der Waals surface area (Å²) in [5.74, 6) is 1.31. The Morgan fingerprint density at radius 2 is 2.13 bits per heavy atom. The first-order valence-corrected chi connectivity index (χ1v) is 5.77. The Bertz CT molecular complexity index is 489. The summed E-state index contributed by atoms with van der Waals surface area (Å²) in [7, 11) is 0. The summed E-state index contributed by atoms with van der Waals surface area (Å²) < 4.78 is 2.12.